The third-order valence-corrected chi connectivity index (χ3v) is 3.86. The molecule has 0 heterocycles. The highest BCUT2D eigenvalue weighted by Gasteiger charge is 2.14. The molecular formula is C19H21ClN2O5. The number of ether oxygens (including phenoxy) is 4. The van der Waals surface area contributed by atoms with Crippen LogP contribution in [0.15, 0.2) is 35.4 Å². The number of amides is 1. The minimum atomic E-state index is -0.403. The topological polar surface area (TPSA) is 78.4 Å². The lowest BCUT2D eigenvalue weighted by Crippen LogP contribution is -2.24. The van der Waals surface area contributed by atoms with Crippen molar-refractivity contribution in [2.45, 2.75) is 6.92 Å². The van der Waals surface area contributed by atoms with Crippen LogP contribution in [0, 0.1) is 6.92 Å². The number of aryl methyl sites for hydroxylation is 1. The van der Waals surface area contributed by atoms with Crippen LogP contribution in [0.5, 0.6) is 23.0 Å². The molecule has 1 amide bonds. The summed E-state index contributed by atoms with van der Waals surface area (Å²) in [6.45, 7) is 1.67. The van der Waals surface area contributed by atoms with Crippen LogP contribution in [-0.4, -0.2) is 40.1 Å². The Balaban J connectivity index is 1.99. The highest BCUT2D eigenvalue weighted by Crippen LogP contribution is 2.38. The molecule has 2 aromatic carbocycles. The number of nitrogens with zero attached hydrogens (tertiary/aromatic N) is 1. The number of halogens is 1. The van der Waals surface area contributed by atoms with Gasteiger partial charge in [-0.25, -0.2) is 5.43 Å². The molecule has 27 heavy (non-hydrogen) atoms. The summed E-state index contributed by atoms with van der Waals surface area (Å²) in [6.07, 6.45) is 1.45. The molecule has 1 N–H and O–H groups in total. The van der Waals surface area contributed by atoms with E-state index in [0.29, 0.717) is 33.6 Å². The van der Waals surface area contributed by atoms with Gasteiger partial charge in [0.05, 0.1) is 27.5 Å². The second-order valence-corrected chi connectivity index (χ2v) is 5.85. The number of methoxy groups -OCH3 is 3. The van der Waals surface area contributed by atoms with E-state index in [4.69, 9.17) is 30.5 Å². The van der Waals surface area contributed by atoms with E-state index in [1.165, 1.54) is 27.5 Å². The fourth-order valence-electron chi connectivity index (χ4n) is 2.35. The molecule has 0 spiro atoms. The maximum atomic E-state index is 11.9. The molecule has 0 fully saturated rings. The third-order valence-electron chi connectivity index (χ3n) is 3.62. The number of benzene rings is 2. The van der Waals surface area contributed by atoms with Crippen LogP contribution in [0.1, 0.15) is 11.1 Å². The lowest BCUT2D eigenvalue weighted by atomic mass is 10.2. The van der Waals surface area contributed by atoms with Crippen LogP contribution in [0.4, 0.5) is 0 Å². The zero-order valence-corrected chi connectivity index (χ0v) is 16.3. The number of carbonyl (C=O) groups excluding carboxylic acids is 1. The summed E-state index contributed by atoms with van der Waals surface area (Å²) >= 11 is 5.89. The first-order chi connectivity index (χ1) is 13.0. The first kappa shape index (κ1) is 20.4. The molecule has 144 valence electrons. The van der Waals surface area contributed by atoms with Crippen molar-refractivity contribution in [3.8, 4) is 23.0 Å². The van der Waals surface area contributed by atoms with E-state index >= 15 is 0 Å². The van der Waals surface area contributed by atoms with Gasteiger partial charge in [-0.2, -0.15) is 5.10 Å². The van der Waals surface area contributed by atoms with Crippen LogP contribution >= 0.6 is 11.6 Å². The summed E-state index contributed by atoms with van der Waals surface area (Å²) in [5.41, 5.74) is 3.86. The smallest absolute Gasteiger partial charge is 0.277 e. The van der Waals surface area contributed by atoms with Crippen molar-refractivity contribution in [2.75, 3.05) is 27.9 Å². The Bertz CT molecular complexity index is 839. The van der Waals surface area contributed by atoms with Crippen LogP contribution < -0.4 is 24.4 Å². The Kier molecular flexibility index (Phi) is 7.31. The summed E-state index contributed by atoms with van der Waals surface area (Å²) in [7, 11) is 4.56. The van der Waals surface area contributed by atoms with E-state index in [-0.39, 0.29) is 6.61 Å². The van der Waals surface area contributed by atoms with Gasteiger partial charge in [-0.1, -0.05) is 11.6 Å². The molecule has 0 saturated heterocycles. The van der Waals surface area contributed by atoms with Crippen molar-refractivity contribution in [2.24, 2.45) is 5.10 Å². The minimum absolute atomic E-state index is 0.178. The van der Waals surface area contributed by atoms with Crippen molar-refractivity contribution >= 4 is 23.7 Å². The first-order valence-electron chi connectivity index (χ1n) is 8.00. The lowest BCUT2D eigenvalue weighted by molar-refractivity contribution is -0.123. The molecule has 0 aliphatic rings. The Labute approximate surface area is 162 Å². The second kappa shape index (κ2) is 9.68. The minimum Gasteiger partial charge on any atom is -0.493 e. The summed E-state index contributed by atoms with van der Waals surface area (Å²) in [4.78, 5) is 11.9. The molecule has 2 rings (SSSR count). The average Bonchev–Trinajstić information content (AvgIpc) is 2.66. The number of hydrogen-bond donors (Lipinski definition) is 1. The maximum Gasteiger partial charge on any atom is 0.277 e. The summed E-state index contributed by atoms with van der Waals surface area (Å²) < 4.78 is 21.3. The number of rotatable bonds is 8. The highest BCUT2D eigenvalue weighted by atomic mass is 35.5. The van der Waals surface area contributed by atoms with Crippen LogP contribution in [-0.2, 0) is 4.79 Å². The Morgan fingerprint density at radius 2 is 1.78 bits per heavy atom. The largest absolute Gasteiger partial charge is 0.493 e. The van der Waals surface area contributed by atoms with Gasteiger partial charge in [0.1, 0.15) is 5.75 Å². The van der Waals surface area contributed by atoms with E-state index in [9.17, 15) is 4.79 Å². The maximum absolute atomic E-state index is 11.9. The van der Waals surface area contributed by atoms with Crippen molar-refractivity contribution in [1.82, 2.24) is 5.43 Å². The molecule has 0 unspecified atom stereocenters. The van der Waals surface area contributed by atoms with Gasteiger partial charge in [0, 0.05) is 10.6 Å². The molecule has 7 nitrogen and oxygen atoms in total. The quantitative estimate of drug-likeness (QED) is 0.551. The van der Waals surface area contributed by atoms with Gasteiger partial charge in [-0.05, 0) is 42.8 Å². The highest BCUT2D eigenvalue weighted by molar-refractivity contribution is 6.30. The Hall–Kier alpha value is -2.93. The van der Waals surface area contributed by atoms with Gasteiger partial charge in [0.15, 0.2) is 18.1 Å². The number of nitrogens with one attached hydrogen (secondary N) is 1. The van der Waals surface area contributed by atoms with Crippen molar-refractivity contribution in [1.29, 1.82) is 0 Å². The van der Waals surface area contributed by atoms with Crippen LogP contribution in [0.3, 0.4) is 0 Å². The first-order valence-corrected chi connectivity index (χ1v) is 8.37. The summed E-state index contributed by atoms with van der Waals surface area (Å²) in [5, 5.41) is 4.54. The van der Waals surface area contributed by atoms with Gasteiger partial charge in [-0.15, -0.1) is 0 Å². The summed E-state index contributed by atoms with van der Waals surface area (Å²) in [6, 6.07) is 8.63. The van der Waals surface area contributed by atoms with E-state index in [1.54, 1.807) is 30.3 Å². The zero-order chi connectivity index (χ0) is 19.8. The van der Waals surface area contributed by atoms with Crippen molar-refractivity contribution in [3.63, 3.8) is 0 Å². The second-order valence-electron chi connectivity index (χ2n) is 5.42. The van der Waals surface area contributed by atoms with Gasteiger partial charge in [0.2, 0.25) is 5.75 Å². The Morgan fingerprint density at radius 1 is 1.07 bits per heavy atom. The average molecular weight is 393 g/mol. The molecule has 0 radical (unpaired) electrons. The number of hydrogen-bond acceptors (Lipinski definition) is 6. The molecule has 2 aromatic rings. The summed E-state index contributed by atoms with van der Waals surface area (Å²) in [5.74, 6) is 1.60. The van der Waals surface area contributed by atoms with E-state index < -0.39 is 5.91 Å². The van der Waals surface area contributed by atoms with Gasteiger partial charge in [-0.3, -0.25) is 4.79 Å². The fourth-order valence-corrected chi connectivity index (χ4v) is 2.58. The van der Waals surface area contributed by atoms with E-state index in [1.807, 2.05) is 6.92 Å². The predicted octanol–water partition coefficient (Wildman–Crippen LogP) is 3.20. The predicted molar refractivity (Wildman–Crippen MR) is 104 cm³/mol. The normalized spacial score (nSPS) is 10.6. The zero-order valence-electron chi connectivity index (χ0n) is 15.5. The molecular weight excluding hydrogens is 372 g/mol. The number of hydrazone groups is 1. The third kappa shape index (κ3) is 5.27. The molecule has 0 aliphatic carbocycles. The van der Waals surface area contributed by atoms with Crippen molar-refractivity contribution < 1.29 is 23.7 Å². The van der Waals surface area contributed by atoms with Crippen LogP contribution in [0.25, 0.3) is 0 Å². The van der Waals surface area contributed by atoms with E-state index in [0.717, 1.165) is 5.56 Å². The molecule has 8 heteroatoms. The van der Waals surface area contributed by atoms with Crippen LogP contribution in [0.2, 0.25) is 5.02 Å². The molecule has 0 bridgehead atoms. The van der Waals surface area contributed by atoms with Gasteiger partial charge < -0.3 is 18.9 Å². The lowest BCUT2D eigenvalue weighted by Gasteiger charge is -2.13. The fraction of sp³-hybridized carbons (Fsp3) is 0.263. The van der Waals surface area contributed by atoms with Crippen molar-refractivity contribution in [3.05, 3.63) is 46.5 Å². The standard InChI is InChI=1S/C19H21ClN2O5/c1-12-9-14(20)6-8-15(12)27-11-17(23)22-21-10-13-5-7-16(24-2)19(26-4)18(13)25-3/h5-10H,11H2,1-4H3,(H,22,23)/b21-10+. The number of carbonyl (C=O) groups is 1. The molecule has 0 saturated carbocycles. The van der Waals surface area contributed by atoms with Gasteiger partial charge >= 0.3 is 0 Å². The molecule has 0 aliphatic heterocycles. The van der Waals surface area contributed by atoms with Gasteiger partial charge in [0.25, 0.3) is 5.91 Å². The molecule has 0 atom stereocenters. The monoisotopic (exact) mass is 392 g/mol. The Morgan fingerprint density at radius 3 is 2.41 bits per heavy atom. The SMILES string of the molecule is COc1ccc(/C=N/NC(=O)COc2ccc(Cl)cc2C)c(OC)c1OC. The molecule has 0 aromatic heterocycles. The van der Waals surface area contributed by atoms with E-state index in [2.05, 4.69) is 10.5 Å².